The number of hydrogen-bond donors (Lipinski definition) is 0. The van der Waals surface area contributed by atoms with Gasteiger partial charge in [0, 0.05) is 15.1 Å². The van der Waals surface area contributed by atoms with Crippen LogP contribution in [-0.4, -0.2) is 13.1 Å². The number of ether oxygens (including phenoxy) is 3. The van der Waals surface area contributed by atoms with Crippen molar-refractivity contribution in [1.29, 1.82) is 5.26 Å². The Labute approximate surface area is 203 Å². The molecule has 0 fully saturated rings. The first-order chi connectivity index (χ1) is 16.5. The van der Waals surface area contributed by atoms with Crippen LogP contribution in [0.3, 0.4) is 0 Å². The highest BCUT2D eigenvalue weighted by molar-refractivity contribution is 7.19. The van der Waals surface area contributed by atoms with Crippen molar-refractivity contribution in [3.63, 3.8) is 0 Å². The summed E-state index contributed by atoms with van der Waals surface area (Å²) in [6.07, 6.45) is -1.04. The van der Waals surface area contributed by atoms with Gasteiger partial charge in [-0.05, 0) is 59.8 Å². The van der Waals surface area contributed by atoms with Crippen LogP contribution in [0.1, 0.15) is 36.3 Å². The molecule has 0 aliphatic rings. The molecule has 2 unspecified atom stereocenters. The molecule has 0 amide bonds. The van der Waals surface area contributed by atoms with Crippen molar-refractivity contribution in [2.45, 2.75) is 25.9 Å². The van der Waals surface area contributed by atoms with Crippen LogP contribution in [0, 0.1) is 17.2 Å². The van der Waals surface area contributed by atoms with E-state index in [4.69, 9.17) is 14.2 Å². The molecule has 0 aliphatic carbocycles. The number of benzene rings is 3. The lowest BCUT2D eigenvalue weighted by molar-refractivity contribution is -0.149. The zero-order valence-corrected chi connectivity index (χ0v) is 20.0. The maximum absolute atomic E-state index is 13.3. The molecule has 0 aliphatic heterocycles. The first-order valence-corrected chi connectivity index (χ1v) is 11.8. The van der Waals surface area contributed by atoms with Crippen molar-refractivity contribution in [2.75, 3.05) is 7.11 Å². The zero-order chi connectivity index (χ0) is 24.1. The van der Waals surface area contributed by atoms with Crippen molar-refractivity contribution < 1.29 is 19.0 Å². The van der Waals surface area contributed by atoms with Crippen molar-refractivity contribution >= 4 is 27.4 Å². The summed E-state index contributed by atoms with van der Waals surface area (Å²) >= 11 is 1.56. The molecule has 6 heteroatoms. The molecule has 0 radical (unpaired) electrons. The van der Waals surface area contributed by atoms with Crippen LogP contribution >= 0.6 is 11.3 Å². The predicted molar refractivity (Wildman–Crippen MR) is 133 cm³/mol. The Bertz CT molecular complexity index is 1320. The lowest BCUT2D eigenvalue weighted by Gasteiger charge is -2.20. The number of fused-ring (bicyclic) bond motifs is 1. The second-order valence-electron chi connectivity index (χ2n) is 8.21. The van der Waals surface area contributed by atoms with E-state index in [1.54, 1.807) is 42.7 Å². The maximum atomic E-state index is 13.3. The number of esters is 1. The standard InChI is InChI=1S/C28H25NO4S/c1-18(2)27(26-16-20-15-22(31-3)12-13-25(20)34-26)28(30)33-24(17-29)19-8-7-11-23(14-19)32-21-9-5-4-6-10-21/h4-16,18,24,27H,1-3H3. The molecule has 0 saturated carbocycles. The predicted octanol–water partition coefficient (Wildman–Crippen LogP) is 7.25. The second kappa shape index (κ2) is 10.4. The average molecular weight is 472 g/mol. The second-order valence-corrected chi connectivity index (χ2v) is 9.32. The minimum atomic E-state index is -1.04. The number of rotatable bonds is 8. The Morgan fingerprint density at radius 1 is 0.912 bits per heavy atom. The highest BCUT2D eigenvalue weighted by Gasteiger charge is 2.30. The largest absolute Gasteiger partial charge is 0.497 e. The van der Waals surface area contributed by atoms with Crippen LogP contribution in [0.25, 0.3) is 10.1 Å². The van der Waals surface area contributed by atoms with Gasteiger partial charge in [-0.1, -0.05) is 44.2 Å². The fourth-order valence-electron chi connectivity index (χ4n) is 3.76. The fourth-order valence-corrected chi connectivity index (χ4v) is 5.07. The minimum Gasteiger partial charge on any atom is -0.497 e. The Balaban J connectivity index is 1.55. The molecule has 2 atom stereocenters. The number of hydrogen-bond acceptors (Lipinski definition) is 6. The topological polar surface area (TPSA) is 68.5 Å². The number of nitriles is 1. The van der Waals surface area contributed by atoms with Gasteiger partial charge < -0.3 is 14.2 Å². The van der Waals surface area contributed by atoms with E-state index < -0.39 is 18.0 Å². The van der Waals surface area contributed by atoms with Crippen molar-refractivity contribution in [1.82, 2.24) is 0 Å². The van der Waals surface area contributed by atoms with E-state index >= 15 is 0 Å². The van der Waals surface area contributed by atoms with Crippen molar-refractivity contribution in [3.8, 4) is 23.3 Å². The highest BCUT2D eigenvalue weighted by Crippen LogP contribution is 2.38. The first-order valence-electron chi connectivity index (χ1n) is 11.0. The van der Waals surface area contributed by atoms with Gasteiger partial charge in [0.05, 0.1) is 13.0 Å². The van der Waals surface area contributed by atoms with E-state index in [-0.39, 0.29) is 5.92 Å². The molecular formula is C28H25NO4S. The van der Waals surface area contributed by atoms with Crippen LogP contribution < -0.4 is 9.47 Å². The number of methoxy groups -OCH3 is 1. The van der Waals surface area contributed by atoms with E-state index in [1.165, 1.54) is 0 Å². The van der Waals surface area contributed by atoms with Crippen LogP contribution in [0.4, 0.5) is 0 Å². The Morgan fingerprint density at radius 2 is 1.68 bits per heavy atom. The molecule has 0 saturated heterocycles. The molecule has 1 aromatic heterocycles. The molecule has 4 rings (SSSR count). The van der Waals surface area contributed by atoms with E-state index in [9.17, 15) is 10.1 Å². The summed E-state index contributed by atoms with van der Waals surface area (Å²) in [7, 11) is 1.63. The molecule has 4 aromatic rings. The van der Waals surface area contributed by atoms with Gasteiger partial charge in [-0.25, -0.2) is 0 Å². The van der Waals surface area contributed by atoms with Crippen LogP contribution in [0.5, 0.6) is 17.2 Å². The fraction of sp³-hybridized carbons (Fsp3) is 0.214. The van der Waals surface area contributed by atoms with Gasteiger partial charge in [-0.3, -0.25) is 4.79 Å². The summed E-state index contributed by atoms with van der Waals surface area (Å²) in [5.41, 5.74) is 0.563. The quantitative estimate of drug-likeness (QED) is 0.253. The molecule has 0 N–H and O–H groups in total. The SMILES string of the molecule is COc1ccc2sc(C(C(=O)OC(C#N)c3cccc(Oc4ccccc4)c3)C(C)C)cc2c1. The van der Waals surface area contributed by atoms with E-state index in [2.05, 4.69) is 6.07 Å². The molecule has 3 aromatic carbocycles. The van der Waals surface area contributed by atoms with Crippen LogP contribution in [0.15, 0.2) is 78.9 Å². The molecule has 5 nitrogen and oxygen atoms in total. The highest BCUT2D eigenvalue weighted by atomic mass is 32.1. The number of carbonyl (C=O) groups is 1. The number of para-hydroxylation sites is 1. The smallest absolute Gasteiger partial charge is 0.316 e. The zero-order valence-electron chi connectivity index (χ0n) is 19.2. The van der Waals surface area contributed by atoms with E-state index in [1.807, 2.05) is 68.4 Å². The van der Waals surface area contributed by atoms with Gasteiger partial charge in [0.25, 0.3) is 0 Å². The number of nitrogens with zero attached hydrogens (tertiary/aromatic N) is 1. The maximum Gasteiger partial charge on any atom is 0.316 e. The summed E-state index contributed by atoms with van der Waals surface area (Å²) in [5.74, 6) is 1.11. The summed E-state index contributed by atoms with van der Waals surface area (Å²) in [4.78, 5) is 14.2. The minimum absolute atomic E-state index is 0.00505. The molecule has 0 spiro atoms. The monoisotopic (exact) mass is 471 g/mol. The summed E-state index contributed by atoms with van der Waals surface area (Å²) in [6.45, 7) is 3.96. The summed E-state index contributed by atoms with van der Waals surface area (Å²) in [5, 5.41) is 10.8. The van der Waals surface area contributed by atoms with Crippen LogP contribution in [-0.2, 0) is 9.53 Å². The number of thiophene rings is 1. The first kappa shape index (κ1) is 23.3. The average Bonchev–Trinajstić information content (AvgIpc) is 3.25. The van der Waals surface area contributed by atoms with Crippen molar-refractivity contribution in [2.24, 2.45) is 5.92 Å². The summed E-state index contributed by atoms with van der Waals surface area (Å²) in [6, 6.07) is 26.4. The third-order valence-corrected chi connectivity index (χ3v) is 6.66. The Hall–Kier alpha value is -3.82. The van der Waals surface area contributed by atoms with Gasteiger partial charge in [0.1, 0.15) is 23.3 Å². The third-order valence-electron chi connectivity index (χ3n) is 5.46. The third kappa shape index (κ3) is 5.22. The number of carbonyl (C=O) groups excluding carboxylic acids is 1. The van der Waals surface area contributed by atoms with Gasteiger partial charge in [0.15, 0.2) is 0 Å². The van der Waals surface area contributed by atoms with Gasteiger partial charge >= 0.3 is 5.97 Å². The normalized spacial score (nSPS) is 12.7. The van der Waals surface area contributed by atoms with Gasteiger partial charge in [0.2, 0.25) is 6.10 Å². The van der Waals surface area contributed by atoms with E-state index in [0.29, 0.717) is 17.1 Å². The van der Waals surface area contributed by atoms with Crippen molar-refractivity contribution in [3.05, 3.63) is 89.3 Å². The van der Waals surface area contributed by atoms with Gasteiger partial charge in [-0.2, -0.15) is 5.26 Å². The molecular weight excluding hydrogens is 446 g/mol. The Kier molecular flexibility index (Phi) is 7.15. The summed E-state index contributed by atoms with van der Waals surface area (Å²) < 4.78 is 18.0. The van der Waals surface area contributed by atoms with Gasteiger partial charge in [-0.15, -0.1) is 11.3 Å². The molecule has 1 heterocycles. The van der Waals surface area contributed by atoms with Crippen LogP contribution in [0.2, 0.25) is 0 Å². The molecule has 0 bridgehead atoms. The lowest BCUT2D eigenvalue weighted by Crippen LogP contribution is -2.22. The Morgan fingerprint density at radius 3 is 2.38 bits per heavy atom. The lowest BCUT2D eigenvalue weighted by atomic mass is 9.94. The molecule has 34 heavy (non-hydrogen) atoms. The van der Waals surface area contributed by atoms with E-state index in [0.717, 1.165) is 20.7 Å². The molecule has 172 valence electrons.